The van der Waals surface area contributed by atoms with E-state index in [9.17, 15) is 14.4 Å². The number of alkyl carbamates (subject to hydrolysis) is 2. The zero-order chi connectivity index (χ0) is 48.2. The fraction of sp³-hybridized carbons (Fsp3) is 0.737. The highest BCUT2D eigenvalue weighted by molar-refractivity contribution is 5.85. The van der Waals surface area contributed by atoms with Crippen molar-refractivity contribution in [2.24, 2.45) is 0 Å². The van der Waals surface area contributed by atoms with Gasteiger partial charge in [0.2, 0.25) is 5.91 Å². The second-order valence-corrected chi connectivity index (χ2v) is 20.0. The summed E-state index contributed by atoms with van der Waals surface area (Å²) >= 11 is 0. The van der Waals surface area contributed by atoms with E-state index < -0.39 is 23.8 Å². The van der Waals surface area contributed by atoms with Crippen LogP contribution in [0.2, 0.25) is 0 Å². The average molecular weight is 934 g/mol. The number of unbranched alkanes of at least 4 members (excludes halogenated alkanes) is 23. The number of hydrogen-bond acceptors (Lipinski definition) is 7. The number of fused-ring (bicyclic) bond motifs is 3. The fourth-order valence-electron chi connectivity index (χ4n) is 8.99. The van der Waals surface area contributed by atoms with Gasteiger partial charge in [-0.2, -0.15) is 0 Å². The first-order chi connectivity index (χ1) is 32.6. The van der Waals surface area contributed by atoms with Crippen LogP contribution in [-0.2, 0) is 23.7 Å². The maximum atomic E-state index is 13.7. The summed E-state index contributed by atoms with van der Waals surface area (Å²) in [6.07, 6.45) is 31.1. The van der Waals surface area contributed by atoms with Gasteiger partial charge in [0, 0.05) is 32.2 Å². The molecule has 0 spiro atoms. The number of benzene rings is 2. The molecule has 2 aromatic rings. The third-order valence-electron chi connectivity index (χ3n) is 12.8. The predicted molar refractivity (Wildman–Crippen MR) is 276 cm³/mol. The SMILES string of the molecule is CCCCCCCCCCCCCCOCC(CNC(=O)[C@H](CCCCNC(=O)OCC1c2ccccc2-c2ccccc21)NC(=O)OC(C)(C)C)OCCCCCCCCCCCCCC. The summed E-state index contributed by atoms with van der Waals surface area (Å²) in [5.74, 6) is -0.309. The van der Waals surface area contributed by atoms with Gasteiger partial charge < -0.3 is 34.9 Å². The second-order valence-electron chi connectivity index (χ2n) is 20.0. The Morgan fingerprint density at radius 3 is 1.55 bits per heavy atom. The van der Waals surface area contributed by atoms with Gasteiger partial charge in [-0.25, -0.2) is 9.59 Å². The second kappa shape index (κ2) is 36.4. The molecule has 0 aliphatic heterocycles. The lowest BCUT2D eigenvalue weighted by Gasteiger charge is -2.24. The highest BCUT2D eigenvalue weighted by Gasteiger charge is 2.29. The van der Waals surface area contributed by atoms with Gasteiger partial charge in [-0.3, -0.25) is 4.79 Å². The van der Waals surface area contributed by atoms with E-state index in [-0.39, 0.29) is 31.1 Å². The number of carbonyl (C=O) groups excluding carboxylic acids is 3. The molecule has 1 unspecified atom stereocenters. The van der Waals surface area contributed by atoms with Crippen molar-refractivity contribution in [2.75, 3.05) is 39.5 Å². The first-order valence-electron chi connectivity index (χ1n) is 27.2. The summed E-state index contributed by atoms with van der Waals surface area (Å²) in [5, 5.41) is 8.73. The molecule has 0 saturated carbocycles. The monoisotopic (exact) mass is 934 g/mol. The molecule has 3 N–H and O–H groups in total. The predicted octanol–water partition coefficient (Wildman–Crippen LogP) is 14.5. The molecule has 3 rings (SSSR count). The topological polar surface area (TPSA) is 124 Å². The van der Waals surface area contributed by atoms with E-state index in [1.54, 1.807) is 20.8 Å². The maximum Gasteiger partial charge on any atom is 0.408 e. The number of carbonyl (C=O) groups is 3. The smallest absolute Gasteiger partial charge is 0.408 e. The third-order valence-corrected chi connectivity index (χ3v) is 12.8. The molecule has 2 aromatic carbocycles. The Kier molecular flexibility index (Phi) is 31.3. The molecule has 0 bridgehead atoms. The molecule has 1 aliphatic carbocycles. The Hall–Kier alpha value is -3.63. The molecule has 1 aliphatic rings. The average Bonchev–Trinajstić information content (AvgIpc) is 3.63. The minimum atomic E-state index is -0.816. The van der Waals surface area contributed by atoms with E-state index in [1.807, 2.05) is 24.3 Å². The van der Waals surface area contributed by atoms with Crippen molar-refractivity contribution in [1.82, 2.24) is 16.0 Å². The summed E-state index contributed by atoms with van der Waals surface area (Å²) in [6.45, 7) is 12.5. The molecule has 67 heavy (non-hydrogen) atoms. The van der Waals surface area contributed by atoms with Gasteiger partial charge in [0.15, 0.2) is 0 Å². The van der Waals surface area contributed by atoms with Gasteiger partial charge >= 0.3 is 12.2 Å². The van der Waals surface area contributed by atoms with Gasteiger partial charge in [-0.1, -0.05) is 204 Å². The first-order valence-corrected chi connectivity index (χ1v) is 27.2. The molecule has 0 aromatic heterocycles. The molecule has 0 radical (unpaired) electrons. The molecular weight excluding hydrogens is 839 g/mol. The minimum absolute atomic E-state index is 0.0125. The summed E-state index contributed by atoms with van der Waals surface area (Å²) < 4.78 is 23.7. The van der Waals surface area contributed by atoms with Gasteiger partial charge in [0.25, 0.3) is 0 Å². The van der Waals surface area contributed by atoms with Gasteiger partial charge in [-0.05, 0) is 75.1 Å². The van der Waals surface area contributed by atoms with Crippen LogP contribution < -0.4 is 16.0 Å². The summed E-state index contributed by atoms with van der Waals surface area (Å²) in [6, 6.07) is 15.7. The van der Waals surface area contributed by atoms with Gasteiger partial charge in [0.1, 0.15) is 18.2 Å². The Balaban J connectivity index is 1.42. The Morgan fingerprint density at radius 1 is 0.567 bits per heavy atom. The van der Waals surface area contributed by atoms with Crippen LogP contribution in [0.5, 0.6) is 0 Å². The summed E-state index contributed by atoms with van der Waals surface area (Å²) in [5.41, 5.74) is 3.98. The van der Waals surface area contributed by atoms with Crippen molar-refractivity contribution in [3.05, 3.63) is 59.7 Å². The normalized spacial score (nSPS) is 13.1. The third kappa shape index (κ3) is 26.6. The lowest BCUT2D eigenvalue weighted by molar-refractivity contribution is -0.124. The zero-order valence-corrected chi connectivity index (χ0v) is 43.0. The van der Waals surface area contributed by atoms with Crippen molar-refractivity contribution in [1.29, 1.82) is 0 Å². The lowest BCUT2D eigenvalue weighted by atomic mass is 9.98. The standard InChI is InChI=1S/C57H95N3O7/c1-6-8-10-12-14-16-18-20-22-24-26-34-42-64-45-47(65-43-35-27-25-23-21-19-17-15-13-11-9-7-2)44-59-54(61)53(60-56(63)67-57(3,4)5)40-32-33-41-58-55(62)66-46-52-50-38-30-28-36-48(50)49-37-29-31-39-51(49)52/h28-31,36-39,47,52-53H,6-27,32-35,40-46H2,1-5H3,(H,58,62)(H,59,61)(H,60,63)/t47?,53-/m0/s1. The largest absolute Gasteiger partial charge is 0.449 e. The minimum Gasteiger partial charge on any atom is -0.449 e. The lowest BCUT2D eigenvalue weighted by Crippen LogP contribution is -2.50. The number of amides is 3. The number of nitrogens with one attached hydrogen (secondary N) is 3. The summed E-state index contributed by atoms with van der Waals surface area (Å²) in [4.78, 5) is 39.4. The Bertz CT molecular complexity index is 1550. The van der Waals surface area contributed by atoms with Crippen LogP contribution in [0.4, 0.5) is 9.59 Å². The molecule has 380 valence electrons. The van der Waals surface area contributed by atoms with Crippen LogP contribution in [-0.4, -0.2) is 75.4 Å². The van der Waals surface area contributed by atoms with Crippen molar-refractivity contribution in [2.45, 2.75) is 232 Å². The van der Waals surface area contributed by atoms with Crippen LogP contribution in [0, 0.1) is 0 Å². The molecule has 0 saturated heterocycles. The number of ether oxygens (including phenoxy) is 4. The molecule has 3 amide bonds. The summed E-state index contributed by atoms with van der Waals surface area (Å²) in [7, 11) is 0. The van der Waals surface area contributed by atoms with Crippen LogP contribution in [0.25, 0.3) is 11.1 Å². The van der Waals surface area contributed by atoms with E-state index in [2.05, 4.69) is 54.1 Å². The van der Waals surface area contributed by atoms with E-state index in [0.29, 0.717) is 45.6 Å². The van der Waals surface area contributed by atoms with Crippen molar-refractivity contribution in [3.8, 4) is 11.1 Å². The zero-order valence-electron chi connectivity index (χ0n) is 43.0. The van der Waals surface area contributed by atoms with E-state index in [0.717, 1.165) is 36.8 Å². The number of rotatable bonds is 40. The van der Waals surface area contributed by atoms with E-state index >= 15 is 0 Å². The van der Waals surface area contributed by atoms with Gasteiger partial charge in [-0.15, -0.1) is 0 Å². The first kappa shape index (κ1) is 57.7. The molecule has 2 atom stereocenters. The van der Waals surface area contributed by atoms with E-state index in [1.165, 1.54) is 140 Å². The quantitative estimate of drug-likeness (QED) is 0.0569. The van der Waals surface area contributed by atoms with Crippen LogP contribution in [0.15, 0.2) is 48.5 Å². The number of hydrogen-bond donors (Lipinski definition) is 3. The van der Waals surface area contributed by atoms with Crippen LogP contribution in [0.1, 0.15) is 225 Å². The molecule has 0 heterocycles. The molecule has 0 fully saturated rings. The van der Waals surface area contributed by atoms with Gasteiger partial charge in [0.05, 0.1) is 12.7 Å². The highest BCUT2D eigenvalue weighted by atomic mass is 16.6. The molecular formula is C57H95N3O7. The van der Waals surface area contributed by atoms with Crippen molar-refractivity contribution in [3.63, 3.8) is 0 Å². The Labute approximate surface area is 407 Å². The molecule has 10 nitrogen and oxygen atoms in total. The highest BCUT2D eigenvalue weighted by Crippen LogP contribution is 2.44. The maximum absolute atomic E-state index is 13.7. The van der Waals surface area contributed by atoms with Crippen molar-refractivity contribution < 1.29 is 33.3 Å². The fourth-order valence-corrected chi connectivity index (χ4v) is 8.99. The van der Waals surface area contributed by atoms with Crippen LogP contribution >= 0.6 is 0 Å². The molecule has 10 heteroatoms. The Morgan fingerprint density at radius 2 is 1.04 bits per heavy atom. The van der Waals surface area contributed by atoms with Crippen LogP contribution in [0.3, 0.4) is 0 Å². The van der Waals surface area contributed by atoms with Crippen molar-refractivity contribution >= 4 is 18.1 Å². The van der Waals surface area contributed by atoms with E-state index in [4.69, 9.17) is 18.9 Å².